The highest BCUT2D eigenvalue weighted by atomic mass is 35.5. The summed E-state index contributed by atoms with van der Waals surface area (Å²) in [5.41, 5.74) is 1.18. The number of aromatic nitrogens is 1. The van der Waals surface area contributed by atoms with E-state index in [1.54, 1.807) is 0 Å². The Labute approximate surface area is 167 Å². The number of hydrogen-bond donors (Lipinski definition) is 2. The van der Waals surface area contributed by atoms with Gasteiger partial charge < -0.3 is 20.1 Å². The normalized spacial score (nSPS) is 25.0. The van der Waals surface area contributed by atoms with Crippen LogP contribution in [0.5, 0.6) is 11.6 Å². The number of benzene rings is 1. The van der Waals surface area contributed by atoms with Gasteiger partial charge in [0.25, 0.3) is 0 Å². The van der Waals surface area contributed by atoms with Crippen molar-refractivity contribution in [2.45, 2.75) is 37.9 Å². The van der Waals surface area contributed by atoms with E-state index in [4.69, 9.17) is 9.47 Å². The van der Waals surface area contributed by atoms with Crippen molar-refractivity contribution in [1.29, 1.82) is 0 Å². The molecule has 1 saturated carbocycles. The lowest BCUT2D eigenvalue weighted by molar-refractivity contribution is 0.0524. The summed E-state index contributed by atoms with van der Waals surface area (Å²) in [5.74, 6) is 2.09. The van der Waals surface area contributed by atoms with Crippen LogP contribution in [0.15, 0.2) is 48.7 Å². The second-order valence-electron chi connectivity index (χ2n) is 7.14. The molecule has 0 bridgehead atoms. The predicted molar refractivity (Wildman–Crippen MR) is 109 cm³/mol. The first-order valence-electron chi connectivity index (χ1n) is 9.61. The highest BCUT2D eigenvalue weighted by Crippen LogP contribution is 2.29. The van der Waals surface area contributed by atoms with Crippen molar-refractivity contribution in [2.24, 2.45) is 5.92 Å². The fourth-order valence-corrected chi connectivity index (χ4v) is 4.02. The van der Waals surface area contributed by atoms with Crippen LogP contribution in [-0.4, -0.2) is 36.8 Å². The highest BCUT2D eigenvalue weighted by Gasteiger charge is 2.34. The third kappa shape index (κ3) is 5.42. The van der Waals surface area contributed by atoms with Gasteiger partial charge in [-0.2, -0.15) is 0 Å². The second kappa shape index (κ2) is 10.0. The van der Waals surface area contributed by atoms with Gasteiger partial charge in [0.2, 0.25) is 5.88 Å². The predicted octanol–water partition coefficient (Wildman–Crippen LogP) is 3.54. The van der Waals surface area contributed by atoms with Crippen LogP contribution in [0.3, 0.4) is 0 Å². The number of nitrogens with one attached hydrogen (secondary N) is 2. The van der Waals surface area contributed by atoms with Crippen molar-refractivity contribution in [3.63, 3.8) is 0 Å². The summed E-state index contributed by atoms with van der Waals surface area (Å²) in [4.78, 5) is 4.43. The summed E-state index contributed by atoms with van der Waals surface area (Å²) in [6, 6.07) is 14.8. The molecule has 1 aliphatic heterocycles. The maximum Gasteiger partial charge on any atom is 0.219 e. The van der Waals surface area contributed by atoms with Crippen LogP contribution in [0.1, 0.15) is 24.8 Å². The van der Waals surface area contributed by atoms with Crippen LogP contribution >= 0.6 is 12.4 Å². The Morgan fingerprint density at radius 2 is 2.04 bits per heavy atom. The van der Waals surface area contributed by atoms with Gasteiger partial charge in [-0.25, -0.2) is 4.98 Å². The minimum Gasteiger partial charge on any atom is -0.439 e. The molecule has 0 radical (unpaired) electrons. The number of rotatable bonds is 6. The number of para-hydroxylation sites is 1. The molecule has 2 aliphatic rings. The second-order valence-corrected chi connectivity index (χ2v) is 7.14. The van der Waals surface area contributed by atoms with Crippen LogP contribution in [0.2, 0.25) is 0 Å². The SMILES string of the molecule is Cl.c1ccc(Oc2ccc(CNC3CCCC3C3COCCN3)cn2)cc1. The van der Waals surface area contributed by atoms with E-state index in [9.17, 15) is 0 Å². The molecule has 2 N–H and O–H groups in total. The molecule has 3 atom stereocenters. The zero-order chi connectivity index (χ0) is 17.6. The number of hydrogen-bond acceptors (Lipinski definition) is 5. The molecule has 1 aromatic carbocycles. The Morgan fingerprint density at radius 1 is 1.15 bits per heavy atom. The first kappa shape index (κ1) is 20.1. The van der Waals surface area contributed by atoms with Crippen LogP contribution < -0.4 is 15.4 Å². The zero-order valence-electron chi connectivity index (χ0n) is 15.5. The maximum absolute atomic E-state index is 5.75. The fraction of sp³-hybridized carbons (Fsp3) is 0.476. The molecule has 2 aromatic rings. The quantitative estimate of drug-likeness (QED) is 0.791. The van der Waals surface area contributed by atoms with Gasteiger partial charge in [-0.3, -0.25) is 0 Å². The molecule has 27 heavy (non-hydrogen) atoms. The molecular formula is C21H28ClN3O2. The zero-order valence-corrected chi connectivity index (χ0v) is 16.3. The van der Waals surface area contributed by atoms with E-state index in [0.717, 1.165) is 32.1 Å². The Morgan fingerprint density at radius 3 is 2.78 bits per heavy atom. The van der Waals surface area contributed by atoms with Crippen LogP contribution in [-0.2, 0) is 11.3 Å². The fourth-order valence-electron chi connectivity index (χ4n) is 4.02. The molecule has 1 aromatic heterocycles. The molecule has 0 spiro atoms. The molecule has 2 fully saturated rings. The van der Waals surface area contributed by atoms with Gasteiger partial charge in [-0.05, 0) is 36.5 Å². The summed E-state index contributed by atoms with van der Waals surface area (Å²) < 4.78 is 11.4. The molecule has 4 rings (SSSR count). The highest BCUT2D eigenvalue weighted by molar-refractivity contribution is 5.85. The Bertz CT molecular complexity index is 678. The van der Waals surface area contributed by atoms with Crippen molar-refractivity contribution >= 4 is 12.4 Å². The standard InChI is InChI=1S/C21H27N3O2.ClH/c1-2-5-17(6-3-1)26-21-10-9-16(14-24-21)13-23-19-8-4-7-18(19)20-15-25-12-11-22-20;/h1-3,5-6,9-10,14,18-20,22-23H,4,7-8,11-13,15H2;1H. The lowest BCUT2D eigenvalue weighted by atomic mass is 9.94. The Kier molecular flexibility index (Phi) is 7.47. The molecule has 2 heterocycles. The summed E-state index contributed by atoms with van der Waals surface area (Å²) >= 11 is 0. The summed E-state index contributed by atoms with van der Waals surface area (Å²) in [5, 5.41) is 7.36. The van der Waals surface area contributed by atoms with E-state index in [1.165, 1.54) is 24.8 Å². The van der Waals surface area contributed by atoms with Gasteiger partial charge in [-0.1, -0.05) is 30.7 Å². The average molecular weight is 390 g/mol. The van der Waals surface area contributed by atoms with E-state index >= 15 is 0 Å². The van der Waals surface area contributed by atoms with Gasteiger partial charge in [0.05, 0.1) is 13.2 Å². The minimum absolute atomic E-state index is 0. The molecule has 3 unspecified atom stereocenters. The Hall–Kier alpha value is -1.66. The molecule has 6 heteroatoms. The van der Waals surface area contributed by atoms with Gasteiger partial charge >= 0.3 is 0 Å². The number of ether oxygens (including phenoxy) is 2. The average Bonchev–Trinajstić information content (AvgIpc) is 3.18. The van der Waals surface area contributed by atoms with Crippen molar-refractivity contribution in [3.8, 4) is 11.6 Å². The van der Waals surface area contributed by atoms with E-state index in [-0.39, 0.29) is 12.4 Å². The molecule has 1 aliphatic carbocycles. The summed E-state index contributed by atoms with van der Waals surface area (Å²) in [6.07, 6.45) is 5.71. The Balaban J connectivity index is 0.00000210. The maximum atomic E-state index is 5.75. The number of morpholine rings is 1. The lowest BCUT2D eigenvalue weighted by Crippen LogP contribution is -2.50. The van der Waals surface area contributed by atoms with Crippen molar-refractivity contribution in [3.05, 3.63) is 54.2 Å². The molecule has 0 amide bonds. The van der Waals surface area contributed by atoms with Crippen LogP contribution in [0.4, 0.5) is 0 Å². The van der Waals surface area contributed by atoms with Gasteiger partial charge in [0, 0.05) is 37.4 Å². The number of halogens is 1. The van der Waals surface area contributed by atoms with Gasteiger partial charge in [0.1, 0.15) is 5.75 Å². The van der Waals surface area contributed by atoms with E-state index in [0.29, 0.717) is 23.9 Å². The number of pyridine rings is 1. The first-order valence-corrected chi connectivity index (χ1v) is 9.61. The topological polar surface area (TPSA) is 55.4 Å². The van der Waals surface area contributed by atoms with E-state index < -0.39 is 0 Å². The minimum atomic E-state index is 0. The first-order chi connectivity index (χ1) is 12.9. The summed E-state index contributed by atoms with van der Waals surface area (Å²) in [7, 11) is 0. The van der Waals surface area contributed by atoms with Crippen molar-refractivity contribution < 1.29 is 9.47 Å². The third-order valence-electron chi connectivity index (χ3n) is 5.37. The van der Waals surface area contributed by atoms with Gasteiger partial charge in [0.15, 0.2) is 0 Å². The van der Waals surface area contributed by atoms with Crippen LogP contribution in [0.25, 0.3) is 0 Å². The molecular weight excluding hydrogens is 362 g/mol. The van der Waals surface area contributed by atoms with Crippen molar-refractivity contribution in [2.75, 3.05) is 19.8 Å². The number of nitrogens with zero attached hydrogens (tertiary/aromatic N) is 1. The van der Waals surface area contributed by atoms with Crippen molar-refractivity contribution in [1.82, 2.24) is 15.6 Å². The molecule has 1 saturated heterocycles. The summed E-state index contributed by atoms with van der Waals surface area (Å²) in [6.45, 7) is 3.49. The molecule has 5 nitrogen and oxygen atoms in total. The van der Waals surface area contributed by atoms with E-state index in [2.05, 4.69) is 21.7 Å². The van der Waals surface area contributed by atoms with Crippen LogP contribution in [0, 0.1) is 5.92 Å². The monoisotopic (exact) mass is 389 g/mol. The molecule has 146 valence electrons. The van der Waals surface area contributed by atoms with E-state index in [1.807, 2.05) is 42.6 Å². The lowest BCUT2D eigenvalue weighted by Gasteiger charge is -2.33. The third-order valence-corrected chi connectivity index (χ3v) is 5.37. The smallest absolute Gasteiger partial charge is 0.219 e. The van der Waals surface area contributed by atoms with Gasteiger partial charge in [-0.15, -0.1) is 12.4 Å². The largest absolute Gasteiger partial charge is 0.439 e.